The van der Waals surface area contributed by atoms with E-state index < -0.39 is 116 Å². The average molecular weight is 913 g/mol. The van der Waals surface area contributed by atoms with Gasteiger partial charge >= 0.3 is 5.97 Å². The molecule has 3 heterocycles. The first-order chi connectivity index (χ1) is 29.9. The minimum atomic E-state index is -1.88. The Morgan fingerprint density at radius 2 is 1.30 bits per heavy atom. The highest BCUT2D eigenvalue weighted by atomic mass is 16.8. The Kier molecular flexibility index (Phi) is 13.2. The van der Waals surface area contributed by atoms with Gasteiger partial charge in [0, 0.05) is 0 Å². The third kappa shape index (κ3) is 7.58. The molecule has 0 unspecified atom stereocenters. The van der Waals surface area contributed by atoms with Crippen molar-refractivity contribution < 1.29 is 84.3 Å². The van der Waals surface area contributed by atoms with Crippen molar-refractivity contribution in [2.75, 3.05) is 19.8 Å². The average Bonchev–Trinajstić information content (AvgIpc) is 3.23. The Labute approximate surface area is 376 Å². The number of allylic oxidation sites excluding steroid dienone is 2. The molecule has 0 radical (unpaired) electrons. The van der Waals surface area contributed by atoms with Gasteiger partial charge < -0.3 is 79.5 Å². The third-order valence-electron chi connectivity index (χ3n) is 19.0. The minimum absolute atomic E-state index is 0.0305. The topological polar surface area (TPSA) is 275 Å². The number of aliphatic hydroxyl groups is 9. The molecule has 0 aromatic heterocycles. The maximum atomic E-state index is 13.1. The van der Waals surface area contributed by atoms with E-state index in [1.165, 1.54) is 5.57 Å². The summed E-state index contributed by atoms with van der Waals surface area (Å²) in [6, 6.07) is 0. The Balaban J connectivity index is 0.990. The van der Waals surface area contributed by atoms with E-state index in [4.69, 9.17) is 28.4 Å². The van der Waals surface area contributed by atoms with Crippen LogP contribution in [-0.4, -0.2) is 169 Å². The van der Waals surface area contributed by atoms with Crippen LogP contribution in [0.3, 0.4) is 0 Å². The van der Waals surface area contributed by atoms with Crippen LogP contribution in [0.2, 0.25) is 0 Å². The van der Waals surface area contributed by atoms with Gasteiger partial charge in [0.25, 0.3) is 0 Å². The molecule has 7 fully saturated rings. The second-order valence-corrected chi connectivity index (χ2v) is 23.0. The smallest absolute Gasteiger partial charge is 0.310 e. The molecule has 10 N–H and O–H groups in total. The third-order valence-corrected chi connectivity index (χ3v) is 19.0. The van der Waals surface area contributed by atoms with E-state index in [9.17, 15) is 55.9 Å². The van der Waals surface area contributed by atoms with E-state index in [0.29, 0.717) is 18.8 Å². The fourth-order valence-electron chi connectivity index (χ4n) is 14.9. The molecular weight excluding hydrogens is 836 g/mol. The Morgan fingerprint density at radius 3 is 1.95 bits per heavy atom. The highest BCUT2D eigenvalue weighted by molar-refractivity contribution is 5.76. The lowest BCUT2D eigenvalue weighted by atomic mass is 9.33. The largest absolute Gasteiger partial charge is 0.481 e. The molecule has 17 nitrogen and oxygen atoms in total. The van der Waals surface area contributed by atoms with Gasteiger partial charge in [-0.3, -0.25) is 4.79 Å². The van der Waals surface area contributed by atoms with E-state index in [1.54, 1.807) is 0 Å². The molecule has 366 valence electrons. The molecule has 0 aromatic rings. The summed E-state index contributed by atoms with van der Waals surface area (Å²) in [6.45, 7) is 14.6. The maximum absolute atomic E-state index is 13.1. The van der Waals surface area contributed by atoms with Crippen LogP contribution in [0.1, 0.15) is 113 Å². The Bertz CT molecular complexity index is 1740. The number of fused-ring (bicyclic) bond motifs is 7. The van der Waals surface area contributed by atoms with Crippen molar-refractivity contribution in [3.05, 3.63) is 11.6 Å². The molecule has 4 saturated carbocycles. The summed E-state index contributed by atoms with van der Waals surface area (Å²) in [5.41, 5.74) is 0.152. The predicted molar refractivity (Wildman–Crippen MR) is 225 cm³/mol. The van der Waals surface area contributed by atoms with Gasteiger partial charge in [-0.1, -0.05) is 60.1 Å². The highest BCUT2D eigenvalue weighted by Crippen LogP contribution is 2.76. The van der Waals surface area contributed by atoms with E-state index in [1.807, 2.05) is 0 Å². The van der Waals surface area contributed by atoms with Gasteiger partial charge in [0.2, 0.25) is 0 Å². The summed E-state index contributed by atoms with van der Waals surface area (Å²) in [5, 5.41) is 107. The molecule has 8 rings (SSSR count). The van der Waals surface area contributed by atoms with Gasteiger partial charge in [-0.2, -0.15) is 0 Å². The molecule has 5 aliphatic carbocycles. The summed E-state index contributed by atoms with van der Waals surface area (Å²) in [5.74, 6) is -0.0117. The number of hydrogen-bond acceptors (Lipinski definition) is 16. The van der Waals surface area contributed by atoms with Crippen LogP contribution in [0.25, 0.3) is 0 Å². The van der Waals surface area contributed by atoms with Crippen LogP contribution in [0.15, 0.2) is 11.6 Å². The summed E-state index contributed by atoms with van der Waals surface area (Å²) >= 11 is 0. The van der Waals surface area contributed by atoms with Crippen LogP contribution in [0.5, 0.6) is 0 Å². The van der Waals surface area contributed by atoms with Crippen LogP contribution in [0.4, 0.5) is 0 Å². The normalized spacial score (nSPS) is 53.5. The fourth-order valence-corrected chi connectivity index (χ4v) is 14.9. The molecule has 0 aromatic carbocycles. The lowest BCUT2D eigenvalue weighted by molar-refractivity contribution is -0.387. The fraction of sp³-hybridized carbons (Fsp3) is 0.936. The van der Waals surface area contributed by atoms with Gasteiger partial charge in [0.15, 0.2) is 18.9 Å². The first kappa shape index (κ1) is 49.0. The van der Waals surface area contributed by atoms with Crippen LogP contribution in [-0.2, 0) is 33.2 Å². The first-order valence-corrected chi connectivity index (χ1v) is 23.7. The molecule has 17 heteroatoms. The molecular formula is C47H76O17. The number of carboxylic acid groups (broad SMARTS) is 1. The van der Waals surface area contributed by atoms with Crippen LogP contribution >= 0.6 is 0 Å². The Morgan fingerprint density at radius 1 is 0.672 bits per heavy atom. The van der Waals surface area contributed by atoms with Crippen molar-refractivity contribution in [2.24, 2.45) is 50.2 Å². The number of aliphatic carboxylic acids is 1. The first-order valence-electron chi connectivity index (χ1n) is 23.7. The molecule has 22 atom stereocenters. The number of rotatable bonds is 9. The van der Waals surface area contributed by atoms with Gasteiger partial charge in [0.1, 0.15) is 67.1 Å². The monoisotopic (exact) mass is 913 g/mol. The SMILES string of the molecule is CC1(C)CC[C@]2(C(=O)O)CC[C@]3(C)C(=CC[C@@H]4[C@@]5(C)CC[C@H](O[C@@H]6OC[C@H](O)[C@H](O[C@@H]7O[C@H](CO)[C@@H](O)[C@H](O)[C@H]7O[C@@H]7O[C@H](CO)[C@@H](O)[C@H](O)[C@H]7O)[C@H]6O)C(C)(C)[C@@H]5CC[C@]43C)[C@@H]2C1. The van der Waals surface area contributed by atoms with E-state index >= 15 is 0 Å². The second-order valence-electron chi connectivity index (χ2n) is 23.0. The van der Waals surface area contributed by atoms with Crippen molar-refractivity contribution in [1.29, 1.82) is 0 Å². The van der Waals surface area contributed by atoms with E-state index in [0.717, 1.165) is 51.4 Å². The lowest BCUT2D eigenvalue weighted by Gasteiger charge is -2.71. The molecule has 64 heavy (non-hydrogen) atoms. The van der Waals surface area contributed by atoms with Crippen molar-refractivity contribution >= 4 is 5.97 Å². The summed E-state index contributed by atoms with van der Waals surface area (Å²) in [4.78, 5) is 13.1. The zero-order valence-corrected chi connectivity index (χ0v) is 38.5. The molecule has 8 aliphatic rings. The van der Waals surface area contributed by atoms with Gasteiger partial charge in [0.05, 0.1) is 31.3 Å². The lowest BCUT2D eigenvalue weighted by Crippen LogP contribution is -2.67. The quantitative estimate of drug-likeness (QED) is 0.116. The van der Waals surface area contributed by atoms with Crippen LogP contribution in [0, 0.1) is 50.2 Å². The number of ether oxygens (including phenoxy) is 6. The van der Waals surface area contributed by atoms with Crippen molar-refractivity contribution in [2.45, 2.75) is 205 Å². The maximum Gasteiger partial charge on any atom is 0.310 e. The molecule has 3 aliphatic heterocycles. The molecule has 3 saturated heterocycles. The van der Waals surface area contributed by atoms with Crippen molar-refractivity contribution in [1.82, 2.24) is 0 Å². The zero-order chi connectivity index (χ0) is 46.7. The molecule has 0 spiro atoms. The number of hydrogen-bond donors (Lipinski definition) is 10. The summed E-state index contributed by atoms with van der Waals surface area (Å²) < 4.78 is 35.9. The van der Waals surface area contributed by atoms with Gasteiger partial charge in [-0.25, -0.2) is 0 Å². The molecule has 0 bridgehead atoms. The van der Waals surface area contributed by atoms with Crippen molar-refractivity contribution in [3.63, 3.8) is 0 Å². The summed E-state index contributed by atoms with van der Waals surface area (Å²) in [7, 11) is 0. The highest BCUT2D eigenvalue weighted by Gasteiger charge is 2.70. The number of carbonyl (C=O) groups is 1. The minimum Gasteiger partial charge on any atom is -0.481 e. The van der Waals surface area contributed by atoms with Crippen molar-refractivity contribution in [3.8, 4) is 0 Å². The predicted octanol–water partition coefficient (Wildman–Crippen LogP) is 1.35. The van der Waals surface area contributed by atoms with E-state index in [2.05, 4.69) is 54.5 Å². The molecule has 0 amide bonds. The second kappa shape index (κ2) is 17.2. The van der Waals surface area contributed by atoms with Gasteiger partial charge in [-0.15, -0.1) is 0 Å². The number of aliphatic hydroxyl groups excluding tert-OH is 9. The van der Waals surface area contributed by atoms with Crippen LogP contribution < -0.4 is 0 Å². The van der Waals surface area contributed by atoms with Gasteiger partial charge in [-0.05, 0) is 109 Å². The summed E-state index contributed by atoms with van der Waals surface area (Å²) in [6.07, 6.45) is -12.1. The Hall–Kier alpha value is -1.39. The standard InChI is InChI=1S/C47H76O17/c1-42(2)14-16-47(41(57)58)17-15-45(6)22(23(47)18-42)8-9-28-44(5)12-11-29(43(3,4)27(44)10-13-46(28,45)7)62-38-35(56)36(24(50)21-59-38)63-40-37(33(54)31(52)26(20-49)61-40)64-39-34(55)32(53)30(51)25(19-48)60-39/h8,23-40,48-56H,9-21H2,1-7H3,(H,57,58)/t23-,24-,25+,26+,27-,28+,29-,30+,31+,32-,33-,34+,35+,36-,37+,38-,39-,40-,44-,45+,46+,47-/m0/s1. The number of carboxylic acids is 1. The zero-order valence-electron chi connectivity index (χ0n) is 38.5. The van der Waals surface area contributed by atoms with E-state index in [-0.39, 0.29) is 46.2 Å².